The highest BCUT2D eigenvalue weighted by Gasteiger charge is 2.31. The van der Waals surface area contributed by atoms with E-state index < -0.39 is 10.0 Å². The maximum absolute atomic E-state index is 12.6. The van der Waals surface area contributed by atoms with Gasteiger partial charge in [0, 0.05) is 37.6 Å². The molecular weight excluding hydrogens is 336 g/mol. The zero-order valence-electron chi connectivity index (χ0n) is 13.5. The lowest BCUT2D eigenvalue weighted by Crippen LogP contribution is -2.43. The van der Waals surface area contributed by atoms with E-state index in [0.717, 1.165) is 5.56 Å². The highest BCUT2D eigenvalue weighted by atomic mass is 35.5. The number of carbonyl (C=O) groups excluding carboxylic acids is 1. The fourth-order valence-electron chi connectivity index (χ4n) is 2.84. The highest BCUT2D eigenvalue weighted by Crippen LogP contribution is 2.23. The van der Waals surface area contributed by atoms with Gasteiger partial charge >= 0.3 is 0 Å². The third-order valence-corrected chi connectivity index (χ3v) is 6.55. The number of hydrogen-bond acceptors (Lipinski definition) is 3. The summed E-state index contributed by atoms with van der Waals surface area (Å²) in [6.45, 7) is 2.95. The second-order valence-electron chi connectivity index (χ2n) is 5.86. The first-order chi connectivity index (χ1) is 10.8. The van der Waals surface area contributed by atoms with Gasteiger partial charge in [-0.2, -0.15) is 0 Å². The molecule has 1 aliphatic heterocycles. The average molecular weight is 359 g/mol. The summed E-state index contributed by atoms with van der Waals surface area (Å²) >= 11 is 6.13. The van der Waals surface area contributed by atoms with E-state index in [4.69, 9.17) is 11.6 Å². The van der Waals surface area contributed by atoms with E-state index in [1.54, 1.807) is 18.9 Å². The van der Waals surface area contributed by atoms with Gasteiger partial charge in [0.05, 0.1) is 5.75 Å². The monoisotopic (exact) mass is 358 g/mol. The number of hydrogen-bond donors (Lipinski definition) is 0. The summed E-state index contributed by atoms with van der Waals surface area (Å²) in [5.74, 6) is 0.0436. The predicted octanol–water partition coefficient (Wildman–Crippen LogP) is 2.36. The molecule has 0 aliphatic carbocycles. The predicted molar refractivity (Wildman–Crippen MR) is 91.7 cm³/mol. The normalized spacial score (nSPS) is 17.2. The highest BCUT2D eigenvalue weighted by molar-refractivity contribution is 7.89. The summed E-state index contributed by atoms with van der Waals surface area (Å²) in [6.07, 6.45) is 1.15. The maximum Gasteiger partial charge on any atom is 0.225 e. The number of halogens is 1. The van der Waals surface area contributed by atoms with Crippen LogP contribution in [0.15, 0.2) is 24.3 Å². The lowest BCUT2D eigenvalue weighted by Gasteiger charge is -2.32. The maximum atomic E-state index is 12.6. The average Bonchev–Trinajstić information content (AvgIpc) is 2.56. The molecule has 5 nitrogen and oxygen atoms in total. The van der Waals surface area contributed by atoms with Gasteiger partial charge in [-0.25, -0.2) is 12.7 Å². The molecule has 7 heteroatoms. The fraction of sp³-hybridized carbons (Fsp3) is 0.562. The van der Waals surface area contributed by atoms with E-state index in [2.05, 4.69) is 0 Å². The van der Waals surface area contributed by atoms with Gasteiger partial charge in [0.2, 0.25) is 15.9 Å². The van der Waals surface area contributed by atoms with Gasteiger partial charge in [-0.1, -0.05) is 29.8 Å². The molecule has 2 rings (SSSR count). The number of amides is 1. The molecule has 0 spiro atoms. The number of piperidine rings is 1. The molecule has 1 saturated heterocycles. The van der Waals surface area contributed by atoms with Crippen molar-refractivity contribution in [2.75, 3.05) is 25.9 Å². The Morgan fingerprint density at radius 1 is 1.30 bits per heavy atom. The van der Waals surface area contributed by atoms with E-state index in [0.29, 0.717) is 37.5 Å². The Hall–Kier alpha value is -1.11. The van der Waals surface area contributed by atoms with Crippen LogP contribution in [-0.2, 0) is 21.4 Å². The van der Waals surface area contributed by atoms with Crippen LogP contribution in [0.4, 0.5) is 0 Å². The van der Waals surface area contributed by atoms with Crippen LogP contribution in [0.3, 0.4) is 0 Å². The Bertz CT molecular complexity index is 655. The largest absolute Gasteiger partial charge is 0.341 e. The third kappa shape index (κ3) is 4.46. The van der Waals surface area contributed by atoms with Crippen LogP contribution in [0.25, 0.3) is 0 Å². The molecule has 0 saturated carbocycles. The van der Waals surface area contributed by atoms with Crippen molar-refractivity contribution in [2.45, 2.75) is 26.3 Å². The molecule has 128 valence electrons. The minimum atomic E-state index is -3.15. The van der Waals surface area contributed by atoms with E-state index in [1.165, 1.54) is 4.31 Å². The van der Waals surface area contributed by atoms with Crippen molar-refractivity contribution in [1.82, 2.24) is 9.21 Å². The number of sulfonamides is 1. The second-order valence-corrected chi connectivity index (χ2v) is 8.52. The van der Waals surface area contributed by atoms with Crippen LogP contribution in [0, 0.1) is 5.92 Å². The lowest BCUT2D eigenvalue weighted by atomic mass is 9.96. The van der Waals surface area contributed by atoms with Crippen LogP contribution in [0.5, 0.6) is 0 Å². The molecule has 1 aromatic carbocycles. The topological polar surface area (TPSA) is 57.7 Å². The summed E-state index contributed by atoms with van der Waals surface area (Å²) < 4.78 is 25.2. The summed E-state index contributed by atoms with van der Waals surface area (Å²) in [7, 11) is -1.39. The van der Waals surface area contributed by atoms with E-state index in [9.17, 15) is 13.2 Å². The smallest absolute Gasteiger partial charge is 0.225 e. The van der Waals surface area contributed by atoms with Crippen molar-refractivity contribution >= 4 is 27.5 Å². The molecule has 1 heterocycles. The van der Waals surface area contributed by atoms with Crippen molar-refractivity contribution in [1.29, 1.82) is 0 Å². The van der Waals surface area contributed by atoms with Gasteiger partial charge in [-0.05, 0) is 31.4 Å². The zero-order valence-corrected chi connectivity index (χ0v) is 15.1. The van der Waals surface area contributed by atoms with Gasteiger partial charge in [-0.15, -0.1) is 0 Å². The molecule has 0 aromatic heterocycles. The van der Waals surface area contributed by atoms with Crippen LogP contribution in [0.1, 0.15) is 25.3 Å². The molecule has 0 N–H and O–H groups in total. The van der Waals surface area contributed by atoms with Crippen molar-refractivity contribution in [3.8, 4) is 0 Å². The molecule has 0 radical (unpaired) electrons. The first-order valence-corrected chi connectivity index (χ1v) is 9.80. The standard InChI is InChI=1S/C16H23ClN2O3S/c1-3-23(21,22)19-10-8-13(9-11-19)16(20)18(2)12-14-6-4-5-7-15(14)17/h4-7,13H,3,8-12H2,1-2H3. The zero-order chi connectivity index (χ0) is 17.0. The Balaban J connectivity index is 1.93. The number of nitrogens with zero attached hydrogens (tertiary/aromatic N) is 2. The lowest BCUT2D eigenvalue weighted by molar-refractivity contribution is -0.135. The summed E-state index contributed by atoms with van der Waals surface area (Å²) in [6, 6.07) is 7.47. The van der Waals surface area contributed by atoms with E-state index in [1.807, 2.05) is 24.3 Å². The molecule has 1 amide bonds. The molecule has 1 aromatic rings. The van der Waals surface area contributed by atoms with Gasteiger partial charge in [0.15, 0.2) is 0 Å². The van der Waals surface area contributed by atoms with E-state index >= 15 is 0 Å². The Labute approximate surface area is 143 Å². The van der Waals surface area contributed by atoms with Crippen LogP contribution in [0.2, 0.25) is 5.02 Å². The van der Waals surface area contributed by atoms with E-state index in [-0.39, 0.29) is 17.6 Å². The molecule has 0 atom stereocenters. The Morgan fingerprint density at radius 2 is 1.91 bits per heavy atom. The van der Waals surface area contributed by atoms with Crippen molar-refractivity contribution < 1.29 is 13.2 Å². The summed E-state index contributed by atoms with van der Waals surface area (Å²) in [4.78, 5) is 14.2. The van der Waals surface area contributed by atoms with Gasteiger partial charge in [0.1, 0.15) is 0 Å². The first kappa shape index (κ1) is 18.2. The van der Waals surface area contributed by atoms with Gasteiger partial charge in [0.25, 0.3) is 0 Å². The van der Waals surface area contributed by atoms with Crippen molar-refractivity contribution in [3.05, 3.63) is 34.9 Å². The van der Waals surface area contributed by atoms with Crippen LogP contribution >= 0.6 is 11.6 Å². The number of rotatable bonds is 5. The summed E-state index contributed by atoms with van der Waals surface area (Å²) in [5, 5.41) is 0.649. The summed E-state index contributed by atoms with van der Waals surface area (Å²) in [5.41, 5.74) is 0.913. The van der Waals surface area contributed by atoms with Crippen molar-refractivity contribution in [3.63, 3.8) is 0 Å². The molecule has 0 unspecified atom stereocenters. The molecular formula is C16H23ClN2O3S. The van der Waals surface area contributed by atoms with Gasteiger partial charge < -0.3 is 4.90 Å². The fourth-order valence-corrected chi connectivity index (χ4v) is 4.16. The first-order valence-electron chi connectivity index (χ1n) is 7.81. The SMILES string of the molecule is CCS(=O)(=O)N1CCC(C(=O)N(C)Cc2ccccc2Cl)CC1. The Kier molecular flexibility index (Phi) is 6.06. The number of benzene rings is 1. The minimum absolute atomic E-state index is 0.0541. The third-order valence-electron chi connectivity index (χ3n) is 4.30. The molecule has 1 aliphatic rings. The number of carbonyl (C=O) groups is 1. The quantitative estimate of drug-likeness (QED) is 0.811. The van der Waals surface area contributed by atoms with Crippen molar-refractivity contribution in [2.24, 2.45) is 5.92 Å². The molecule has 23 heavy (non-hydrogen) atoms. The minimum Gasteiger partial charge on any atom is -0.341 e. The Morgan fingerprint density at radius 3 is 2.48 bits per heavy atom. The molecule has 1 fully saturated rings. The second kappa shape index (κ2) is 7.64. The van der Waals surface area contributed by atoms with Gasteiger partial charge in [-0.3, -0.25) is 4.79 Å². The van der Waals surface area contributed by atoms with Crippen LogP contribution < -0.4 is 0 Å². The molecule has 0 bridgehead atoms. The van der Waals surface area contributed by atoms with Crippen LogP contribution in [-0.4, -0.2) is 49.4 Å².